The first-order valence-electron chi connectivity index (χ1n) is 7.26. The van der Waals surface area contributed by atoms with Crippen LogP contribution in [-0.4, -0.2) is 35.7 Å². The van der Waals surface area contributed by atoms with Crippen molar-refractivity contribution < 1.29 is 13.2 Å². The molecule has 1 aromatic carbocycles. The minimum absolute atomic E-state index is 0.0840. The van der Waals surface area contributed by atoms with Crippen molar-refractivity contribution in [3.63, 3.8) is 0 Å². The van der Waals surface area contributed by atoms with Gasteiger partial charge in [-0.15, -0.1) is 0 Å². The van der Waals surface area contributed by atoms with Crippen LogP contribution in [0.1, 0.15) is 10.4 Å². The average Bonchev–Trinajstić information content (AvgIpc) is 3.25. The van der Waals surface area contributed by atoms with Crippen LogP contribution in [0, 0.1) is 0 Å². The number of fused-ring (bicyclic) bond motifs is 1. The van der Waals surface area contributed by atoms with Crippen molar-refractivity contribution in [2.45, 2.75) is 6.04 Å². The molecule has 0 fully saturated rings. The van der Waals surface area contributed by atoms with Crippen LogP contribution in [0.4, 0.5) is 0 Å². The zero-order chi connectivity index (χ0) is 16.7. The van der Waals surface area contributed by atoms with Crippen LogP contribution in [0.3, 0.4) is 0 Å². The molecular weight excluding hydrogens is 346 g/mol. The molecule has 4 rings (SSSR count). The summed E-state index contributed by atoms with van der Waals surface area (Å²) in [6, 6.07) is 8.65. The molecule has 1 aliphatic rings. The highest BCUT2D eigenvalue weighted by Gasteiger charge is 2.23. The molecule has 0 bridgehead atoms. The topological polar surface area (TPSA) is 81.1 Å². The Hall–Kier alpha value is -2.45. The third-order valence-electron chi connectivity index (χ3n) is 3.71. The van der Waals surface area contributed by atoms with Crippen molar-refractivity contribution in [1.82, 2.24) is 14.9 Å². The second kappa shape index (κ2) is 5.57. The van der Waals surface area contributed by atoms with Crippen molar-refractivity contribution in [2.24, 2.45) is 0 Å². The number of thiazole rings is 1. The zero-order valence-electron chi connectivity index (χ0n) is 12.4. The number of amides is 1. The maximum Gasteiger partial charge on any atom is 0.251 e. The Morgan fingerprint density at radius 3 is 2.79 bits per heavy atom. The number of sulfone groups is 1. The second-order valence-electron chi connectivity index (χ2n) is 5.51. The Balaban J connectivity index is 1.58. The molecule has 2 aromatic heterocycles. The van der Waals surface area contributed by atoms with E-state index in [9.17, 15) is 13.2 Å². The van der Waals surface area contributed by atoms with Crippen molar-refractivity contribution in [1.29, 1.82) is 0 Å². The molecule has 3 aromatic rings. The molecule has 0 spiro atoms. The van der Waals surface area contributed by atoms with Crippen LogP contribution in [0.25, 0.3) is 15.3 Å². The van der Waals surface area contributed by atoms with Gasteiger partial charge in [0, 0.05) is 23.4 Å². The highest BCUT2D eigenvalue weighted by Crippen LogP contribution is 2.26. The summed E-state index contributed by atoms with van der Waals surface area (Å²) in [7, 11) is -3.19. The summed E-state index contributed by atoms with van der Waals surface area (Å²) in [6.45, 7) is 0. The van der Waals surface area contributed by atoms with E-state index >= 15 is 0 Å². The number of nitrogens with one attached hydrogen (secondary N) is 1. The van der Waals surface area contributed by atoms with Crippen LogP contribution in [0.15, 0.2) is 54.2 Å². The number of aromatic nitrogens is 2. The zero-order valence-corrected chi connectivity index (χ0v) is 14.0. The third kappa shape index (κ3) is 2.85. The molecule has 8 heteroatoms. The van der Waals surface area contributed by atoms with E-state index in [4.69, 9.17) is 0 Å². The first-order valence-corrected chi connectivity index (χ1v) is 9.79. The van der Waals surface area contributed by atoms with Gasteiger partial charge in [-0.3, -0.25) is 4.79 Å². The number of rotatable bonds is 3. The molecule has 0 saturated carbocycles. The van der Waals surface area contributed by atoms with E-state index in [-0.39, 0.29) is 11.7 Å². The Bertz CT molecular complexity index is 1050. The molecule has 6 nitrogen and oxygen atoms in total. The van der Waals surface area contributed by atoms with Crippen LogP contribution < -0.4 is 5.32 Å². The van der Waals surface area contributed by atoms with Crippen LogP contribution in [0.5, 0.6) is 0 Å². The quantitative estimate of drug-likeness (QED) is 0.777. The van der Waals surface area contributed by atoms with Crippen molar-refractivity contribution >= 4 is 37.3 Å². The molecular formula is C16H13N3O3S2. The molecule has 0 radical (unpaired) electrons. The van der Waals surface area contributed by atoms with Crippen molar-refractivity contribution in [3.05, 3.63) is 59.8 Å². The first kappa shape index (κ1) is 15.1. The number of carbonyl (C=O) groups excluding carboxylic acids is 1. The van der Waals surface area contributed by atoms with E-state index in [1.807, 2.05) is 29.1 Å². The lowest BCUT2D eigenvalue weighted by Crippen LogP contribution is -2.35. The molecule has 3 heterocycles. The van der Waals surface area contributed by atoms with Gasteiger partial charge in [0.1, 0.15) is 0 Å². The molecule has 1 aliphatic heterocycles. The summed E-state index contributed by atoms with van der Waals surface area (Å²) < 4.78 is 25.6. The van der Waals surface area contributed by atoms with Gasteiger partial charge in [-0.05, 0) is 36.4 Å². The monoisotopic (exact) mass is 359 g/mol. The number of nitrogens with zero attached hydrogens (tertiary/aromatic N) is 2. The Morgan fingerprint density at radius 1 is 1.29 bits per heavy atom. The van der Waals surface area contributed by atoms with E-state index < -0.39 is 15.9 Å². The molecule has 1 atom stereocenters. The fourth-order valence-electron chi connectivity index (χ4n) is 2.54. The highest BCUT2D eigenvalue weighted by molar-refractivity contribution is 7.94. The molecule has 122 valence electrons. The van der Waals surface area contributed by atoms with E-state index in [2.05, 4.69) is 10.3 Å². The highest BCUT2D eigenvalue weighted by atomic mass is 32.2. The molecule has 1 N–H and O–H groups in total. The lowest BCUT2D eigenvalue weighted by Gasteiger charge is -2.09. The van der Waals surface area contributed by atoms with E-state index in [0.717, 1.165) is 20.8 Å². The molecule has 1 amide bonds. The smallest absolute Gasteiger partial charge is 0.251 e. The molecule has 0 saturated heterocycles. The van der Waals surface area contributed by atoms with E-state index in [1.165, 1.54) is 17.4 Å². The third-order valence-corrected chi connectivity index (χ3v) is 6.14. The van der Waals surface area contributed by atoms with Gasteiger partial charge in [-0.1, -0.05) is 11.3 Å². The van der Waals surface area contributed by atoms with E-state index in [0.29, 0.717) is 5.56 Å². The van der Waals surface area contributed by atoms with Gasteiger partial charge >= 0.3 is 0 Å². The Morgan fingerprint density at radius 2 is 2.08 bits per heavy atom. The lowest BCUT2D eigenvalue weighted by atomic mass is 10.2. The van der Waals surface area contributed by atoms with Gasteiger partial charge in [-0.25, -0.2) is 13.4 Å². The maximum absolute atomic E-state index is 12.3. The standard InChI is InChI=1S/C16H13N3O3S2/c20-15(17-12-5-8-24(21,22)10-12)11-3-4-13-14(9-11)23-16(18-13)19-6-1-2-7-19/h1-9,12H,10H2,(H,17,20)/t12-/m1/s1. The van der Waals surface area contributed by atoms with Crippen LogP contribution in [-0.2, 0) is 9.84 Å². The minimum atomic E-state index is -3.19. The van der Waals surface area contributed by atoms with Crippen molar-refractivity contribution in [3.8, 4) is 5.13 Å². The number of carbonyl (C=O) groups is 1. The first-order chi connectivity index (χ1) is 11.5. The summed E-state index contributed by atoms with van der Waals surface area (Å²) in [6.07, 6.45) is 5.33. The summed E-state index contributed by atoms with van der Waals surface area (Å²) in [5.41, 5.74) is 1.31. The average molecular weight is 359 g/mol. The van der Waals surface area contributed by atoms with Crippen molar-refractivity contribution in [2.75, 3.05) is 5.75 Å². The van der Waals surface area contributed by atoms with Gasteiger partial charge in [0.25, 0.3) is 5.91 Å². The summed E-state index contributed by atoms with van der Waals surface area (Å²) in [5.74, 6) is -0.376. The minimum Gasteiger partial charge on any atom is -0.345 e. The van der Waals surface area contributed by atoms with Gasteiger partial charge in [0.15, 0.2) is 15.0 Å². The molecule has 0 unspecified atom stereocenters. The fourth-order valence-corrected chi connectivity index (χ4v) is 4.75. The normalized spacial score (nSPS) is 18.9. The Kier molecular flexibility index (Phi) is 3.50. The van der Waals surface area contributed by atoms with Gasteiger partial charge in [0.05, 0.1) is 22.0 Å². The summed E-state index contributed by atoms with van der Waals surface area (Å²) in [4.78, 5) is 16.9. The predicted octanol–water partition coefficient (Wildman–Crippen LogP) is 2.13. The largest absolute Gasteiger partial charge is 0.345 e. The lowest BCUT2D eigenvalue weighted by molar-refractivity contribution is 0.0948. The van der Waals surface area contributed by atoms with Gasteiger partial charge in [0.2, 0.25) is 0 Å². The second-order valence-corrected chi connectivity index (χ2v) is 8.45. The van der Waals surface area contributed by atoms with Gasteiger partial charge < -0.3 is 9.88 Å². The summed E-state index contributed by atoms with van der Waals surface area (Å²) in [5, 5.41) is 4.70. The number of hydrogen-bond acceptors (Lipinski definition) is 5. The summed E-state index contributed by atoms with van der Waals surface area (Å²) >= 11 is 1.49. The maximum atomic E-state index is 12.3. The predicted molar refractivity (Wildman–Crippen MR) is 93.1 cm³/mol. The van der Waals surface area contributed by atoms with Gasteiger partial charge in [-0.2, -0.15) is 0 Å². The van der Waals surface area contributed by atoms with Crippen LogP contribution in [0.2, 0.25) is 0 Å². The Labute approximate surface area is 142 Å². The number of hydrogen-bond donors (Lipinski definition) is 1. The van der Waals surface area contributed by atoms with Crippen LogP contribution >= 0.6 is 11.3 Å². The molecule has 0 aliphatic carbocycles. The van der Waals surface area contributed by atoms with E-state index in [1.54, 1.807) is 18.2 Å². The SMILES string of the molecule is O=C(N[C@@H]1C=CS(=O)(=O)C1)c1ccc2nc(-n3cccc3)sc2c1. The number of benzene rings is 1. The molecule has 24 heavy (non-hydrogen) atoms. The fraction of sp³-hybridized carbons (Fsp3) is 0.125.